The molecule has 0 aromatic rings. The summed E-state index contributed by atoms with van der Waals surface area (Å²) in [7, 11) is 0. The van der Waals surface area contributed by atoms with Gasteiger partial charge in [0.25, 0.3) is 0 Å². The molecular formula is C17H26O2. The van der Waals surface area contributed by atoms with Gasteiger partial charge in [0.15, 0.2) is 0 Å². The fourth-order valence-corrected chi connectivity index (χ4v) is 2.21. The zero-order chi connectivity index (χ0) is 14.3. The number of hydrogen-bond donors (Lipinski definition) is 0. The molecule has 0 saturated heterocycles. The van der Waals surface area contributed by atoms with Crippen LogP contribution in [0.3, 0.4) is 0 Å². The lowest BCUT2D eigenvalue weighted by atomic mass is 9.88. The zero-order valence-electron chi connectivity index (χ0n) is 12.7. The molecule has 1 rings (SSSR count). The van der Waals surface area contributed by atoms with Crippen LogP contribution in [-0.2, 0) is 9.53 Å². The number of carbonyl (C=O) groups excluding carboxylic acids is 1. The van der Waals surface area contributed by atoms with Gasteiger partial charge in [-0.05, 0) is 51.0 Å². The van der Waals surface area contributed by atoms with Gasteiger partial charge in [0.2, 0.25) is 0 Å². The minimum absolute atomic E-state index is 0.212. The molecule has 0 spiro atoms. The summed E-state index contributed by atoms with van der Waals surface area (Å²) in [6, 6.07) is 0. The second kappa shape index (κ2) is 7.98. The third kappa shape index (κ3) is 6.42. The van der Waals surface area contributed by atoms with Crippen molar-refractivity contribution in [2.24, 2.45) is 5.92 Å². The van der Waals surface area contributed by atoms with Crippen molar-refractivity contribution in [3.63, 3.8) is 0 Å². The van der Waals surface area contributed by atoms with Gasteiger partial charge in [-0.25, -0.2) is 0 Å². The van der Waals surface area contributed by atoms with E-state index in [9.17, 15) is 4.79 Å². The summed E-state index contributed by atoms with van der Waals surface area (Å²) >= 11 is 0. The Bertz CT molecular complexity index is 399. The summed E-state index contributed by atoms with van der Waals surface area (Å²) in [4.78, 5) is 10.7. The number of rotatable bonds is 6. The minimum atomic E-state index is -0.212. The maximum Gasteiger partial charge on any atom is 0.302 e. The Morgan fingerprint density at radius 1 is 1.37 bits per heavy atom. The number of hydrogen-bond acceptors (Lipinski definition) is 2. The van der Waals surface area contributed by atoms with Gasteiger partial charge in [-0.1, -0.05) is 36.3 Å². The zero-order valence-corrected chi connectivity index (χ0v) is 12.7. The lowest BCUT2D eigenvalue weighted by molar-refractivity contribution is -0.139. The Hall–Kier alpha value is -1.31. The molecule has 0 fully saturated rings. The Labute approximate surface area is 117 Å². The highest BCUT2D eigenvalue weighted by Gasteiger charge is 2.10. The molecule has 2 nitrogen and oxygen atoms in total. The van der Waals surface area contributed by atoms with Crippen molar-refractivity contribution in [3.05, 3.63) is 34.9 Å². The molecule has 1 aliphatic carbocycles. The molecule has 0 N–H and O–H groups in total. The van der Waals surface area contributed by atoms with Gasteiger partial charge >= 0.3 is 5.97 Å². The largest absolute Gasteiger partial charge is 0.461 e. The lowest BCUT2D eigenvalue weighted by Crippen LogP contribution is -2.03. The van der Waals surface area contributed by atoms with E-state index in [-0.39, 0.29) is 5.97 Å². The van der Waals surface area contributed by atoms with Crippen LogP contribution in [0.25, 0.3) is 0 Å². The monoisotopic (exact) mass is 262 g/mol. The predicted molar refractivity (Wildman–Crippen MR) is 79.9 cm³/mol. The Morgan fingerprint density at radius 3 is 2.68 bits per heavy atom. The summed E-state index contributed by atoms with van der Waals surface area (Å²) in [5, 5.41) is 0. The molecule has 1 aliphatic rings. The second-order valence-corrected chi connectivity index (χ2v) is 5.56. The van der Waals surface area contributed by atoms with E-state index in [1.54, 1.807) is 5.57 Å². The molecule has 0 radical (unpaired) electrons. The molecular weight excluding hydrogens is 236 g/mol. The van der Waals surface area contributed by atoms with Crippen LogP contribution in [0, 0.1) is 5.92 Å². The van der Waals surface area contributed by atoms with Gasteiger partial charge in [0, 0.05) is 6.92 Å². The Kier molecular flexibility index (Phi) is 6.61. The van der Waals surface area contributed by atoms with Crippen LogP contribution < -0.4 is 0 Å². The van der Waals surface area contributed by atoms with E-state index in [0.717, 1.165) is 18.4 Å². The van der Waals surface area contributed by atoms with Crippen molar-refractivity contribution in [2.75, 3.05) is 6.61 Å². The first-order valence-corrected chi connectivity index (χ1v) is 7.14. The average molecular weight is 262 g/mol. The number of allylic oxidation sites excluding steroid dienone is 5. The molecule has 0 unspecified atom stereocenters. The summed E-state index contributed by atoms with van der Waals surface area (Å²) in [5.74, 6) is 0.428. The van der Waals surface area contributed by atoms with Crippen molar-refractivity contribution < 1.29 is 9.53 Å². The Balaban J connectivity index is 2.32. The van der Waals surface area contributed by atoms with Crippen LogP contribution in [0.1, 0.15) is 53.4 Å². The first kappa shape index (κ1) is 15.7. The van der Waals surface area contributed by atoms with Crippen LogP contribution in [0.2, 0.25) is 0 Å². The Morgan fingerprint density at radius 2 is 2.11 bits per heavy atom. The molecule has 0 saturated carbocycles. The van der Waals surface area contributed by atoms with Gasteiger partial charge in [-0.2, -0.15) is 0 Å². The molecule has 0 amide bonds. The van der Waals surface area contributed by atoms with Crippen LogP contribution in [0.5, 0.6) is 0 Å². The number of ether oxygens (including phenoxy) is 1. The average Bonchev–Trinajstić information content (AvgIpc) is 2.37. The number of esters is 1. The van der Waals surface area contributed by atoms with Crippen LogP contribution in [0.15, 0.2) is 34.9 Å². The van der Waals surface area contributed by atoms with E-state index < -0.39 is 0 Å². The topological polar surface area (TPSA) is 26.3 Å². The summed E-state index contributed by atoms with van der Waals surface area (Å²) in [6.45, 7) is 8.38. The van der Waals surface area contributed by atoms with E-state index >= 15 is 0 Å². The van der Waals surface area contributed by atoms with Crippen molar-refractivity contribution in [3.8, 4) is 0 Å². The quantitative estimate of drug-likeness (QED) is 0.517. The first-order valence-electron chi connectivity index (χ1n) is 7.14. The highest BCUT2D eigenvalue weighted by molar-refractivity contribution is 5.66. The van der Waals surface area contributed by atoms with E-state index in [4.69, 9.17) is 4.74 Å². The van der Waals surface area contributed by atoms with E-state index in [0.29, 0.717) is 12.5 Å². The maximum absolute atomic E-state index is 10.7. The van der Waals surface area contributed by atoms with Crippen LogP contribution in [-0.4, -0.2) is 12.6 Å². The lowest BCUT2D eigenvalue weighted by Gasteiger charge is -2.18. The summed E-state index contributed by atoms with van der Waals surface area (Å²) in [6.07, 6.45) is 11.3. The van der Waals surface area contributed by atoms with Gasteiger partial charge in [-0.15, -0.1) is 0 Å². The third-order valence-electron chi connectivity index (χ3n) is 3.62. The molecule has 0 heterocycles. The van der Waals surface area contributed by atoms with Crippen molar-refractivity contribution in [1.82, 2.24) is 0 Å². The summed E-state index contributed by atoms with van der Waals surface area (Å²) < 4.78 is 4.96. The fourth-order valence-electron chi connectivity index (χ4n) is 2.21. The van der Waals surface area contributed by atoms with E-state index in [2.05, 4.69) is 32.1 Å². The molecule has 0 aromatic carbocycles. The van der Waals surface area contributed by atoms with Crippen LogP contribution >= 0.6 is 0 Å². The van der Waals surface area contributed by atoms with Crippen molar-refractivity contribution in [2.45, 2.75) is 53.4 Å². The molecule has 19 heavy (non-hydrogen) atoms. The summed E-state index contributed by atoms with van der Waals surface area (Å²) in [5.41, 5.74) is 4.18. The first-order chi connectivity index (χ1) is 8.99. The molecule has 106 valence electrons. The van der Waals surface area contributed by atoms with Crippen molar-refractivity contribution in [1.29, 1.82) is 0 Å². The molecule has 0 aromatic heterocycles. The van der Waals surface area contributed by atoms with Gasteiger partial charge < -0.3 is 4.74 Å². The highest BCUT2D eigenvalue weighted by Crippen LogP contribution is 2.26. The number of carbonyl (C=O) groups is 1. The van der Waals surface area contributed by atoms with Crippen LogP contribution in [0.4, 0.5) is 0 Å². The fraction of sp³-hybridized carbons (Fsp3) is 0.588. The molecule has 0 aliphatic heterocycles. The standard InChI is InChI=1S/C17H26O2/c1-13-8-10-17(11-9-13)15(3)7-5-6-14(2)12-19-16(4)18/h6,8,10,15H,5,7,9,11-12H2,1-4H3/b14-6-/t15-/m1/s1. The maximum atomic E-state index is 10.7. The van der Waals surface area contributed by atoms with Gasteiger partial charge in [0.05, 0.1) is 0 Å². The second-order valence-electron chi connectivity index (χ2n) is 5.56. The SMILES string of the molecule is CC(=O)OC/C(C)=C\CC[C@@H](C)C1=CC=C(C)CC1. The van der Waals surface area contributed by atoms with Crippen molar-refractivity contribution >= 4 is 5.97 Å². The minimum Gasteiger partial charge on any atom is -0.461 e. The molecule has 2 heteroatoms. The van der Waals surface area contributed by atoms with E-state index in [1.807, 2.05) is 6.92 Å². The smallest absolute Gasteiger partial charge is 0.302 e. The van der Waals surface area contributed by atoms with E-state index in [1.165, 1.54) is 25.3 Å². The molecule has 0 bridgehead atoms. The molecule has 1 atom stereocenters. The third-order valence-corrected chi connectivity index (χ3v) is 3.62. The predicted octanol–water partition coefficient (Wildman–Crippen LogP) is 4.58. The normalized spacial score (nSPS) is 17.6. The van der Waals surface area contributed by atoms with Gasteiger partial charge in [-0.3, -0.25) is 4.79 Å². The van der Waals surface area contributed by atoms with Gasteiger partial charge in [0.1, 0.15) is 6.61 Å². The highest BCUT2D eigenvalue weighted by atomic mass is 16.5.